The highest BCUT2D eigenvalue weighted by Gasteiger charge is 2.26. The summed E-state index contributed by atoms with van der Waals surface area (Å²) >= 11 is 0. The molecule has 1 aromatic heterocycles. The Bertz CT molecular complexity index is 708. The van der Waals surface area contributed by atoms with E-state index in [0.29, 0.717) is 12.6 Å². The number of hydrogen-bond acceptors (Lipinski definition) is 3. The number of carbonyl (C=O) groups excluding carboxylic acids is 1. The zero-order valence-corrected chi connectivity index (χ0v) is 15.0. The number of rotatable bonds is 4. The molecule has 0 radical (unpaired) electrons. The van der Waals surface area contributed by atoms with Gasteiger partial charge >= 0.3 is 6.03 Å². The predicted molar refractivity (Wildman–Crippen MR) is 100 cm³/mol. The number of imidazole rings is 1. The summed E-state index contributed by atoms with van der Waals surface area (Å²) in [5, 5.41) is 3.00. The molecule has 138 valence electrons. The first-order chi connectivity index (χ1) is 12.8. The fraction of sp³-hybridized carbons (Fsp3) is 0.500. The van der Waals surface area contributed by atoms with Gasteiger partial charge in [0, 0.05) is 37.1 Å². The van der Waals surface area contributed by atoms with Crippen molar-refractivity contribution in [2.45, 2.75) is 50.5 Å². The minimum Gasteiger partial charge on any atom is -0.490 e. The van der Waals surface area contributed by atoms with Crippen molar-refractivity contribution < 1.29 is 9.53 Å². The summed E-state index contributed by atoms with van der Waals surface area (Å²) in [4.78, 5) is 22.0. The van der Waals surface area contributed by atoms with Crippen LogP contribution in [0.4, 0.5) is 10.5 Å². The number of amides is 2. The molecule has 6 nitrogen and oxygen atoms in total. The van der Waals surface area contributed by atoms with Crippen LogP contribution in [0.2, 0.25) is 0 Å². The van der Waals surface area contributed by atoms with E-state index in [1.807, 2.05) is 35.4 Å². The molecule has 0 bridgehead atoms. The third kappa shape index (κ3) is 4.00. The summed E-state index contributed by atoms with van der Waals surface area (Å²) in [5.41, 5.74) is 0.800. The van der Waals surface area contributed by atoms with Crippen LogP contribution >= 0.6 is 0 Å². The lowest BCUT2D eigenvalue weighted by Gasteiger charge is -2.31. The quantitative estimate of drug-likeness (QED) is 0.867. The number of aromatic nitrogens is 2. The fourth-order valence-corrected chi connectivity index (χ4v) is 3.90. The van der Waals surface area contributed by atoms with Crippen molar-refractivity contribution in [3.05, 3.63) is 42.5 Å². The van der Waals surface area contributed by atoms with E-state index in [-0.39, 0.29) is 11.9 Å². The van der Waals surface area contributed by atoms with Crippen molar-refractivity contribution in [1.82, 2.24) is 14.9 Å². The Kier molecular flexibility index (Phi) is 5.09. The standard InChI is InChI=1S/C20H26N4O2/c25-20(24-13-3-4-15(14-24)19-21-11-12-22-19)23-16-7-9-18(10-8-16)26-17-5-1-2-6-17/h7-12,15,17H,1-6,13-14H2,(H,21,22)(H,23,25). The number of likely N-dealkylation sites (tertiary alicyclic amines) is 1. The van der Waals surface area contributed by atoms with Gasteiger partial charge in [-0.2, -0.15) is 0 Å². The molecule has 2 heterocycles. The van der Waals surface area contributed by atoms with Gasteiger partial charge in [0.1, 0.15) is 11.6 Å². The maximum Gasteiger partial charge on any atom is 0.321 e. The Morgan fingerprint density at radius 2 is 1.96 bits per heavy atom. The largest absolute Gasteiger partial charge is 0.490 e. The number of carbonyl (C=O) groups is 1. The highest BCUT2D eigenvalue weighted by Crippen LogP contribution is 2.26. The van der Waals surface area contributed by atoms with Crippen molar-refractivity contribution in [3.8, 4) is 5.75 Å². The van der Waals surface area contributed by atoms with Gasteiger partial charge in [-0.15, -0.1) is 0 Å². The molecule has 4 rings (SSSR count). The minimum absolute atomic E-state index is 0.0503. The third-order valence-electron chi connectivity index (χ3n) is 5.33. The van der Waals surface area contributed by atoms with Gasteiger partial charge in [0.2, 0.25) is 0 Å². The minimum atomic E-state index is -0.0503. The SMILES string of the molecule is O=C(Nc1ccc(OC2CCCC2)cc1)N1CCCC(c2ncc[nH]2)C1. The van der Waals surface area contributed by atoms with Crippen molar-refractivity contribution in [3.63, 3.8) is 0 Å². The van der Waals surface area contributed by atoms with Crippen LogP contribution in [0.5, 0.6) is 5.75 Å². The van der Waals surface area contributed by atoms with Gasteiger partial charge in [-0.3, -0.25) is 0 Å². The summed E-state index contributed by atoms with van der Waals surface area (Å²) < 4.78 is 5.97. The second-order valence-electron chi connectivity index (χ2n) is 7.24. The van der Waals surface area contributed by atoms with Gasteiger partial charge < -0.3 is 19.9 Å². The molecule has 26 heavy (non-hydrogen) atoms. The van der Waals surface area contributed by atoms with Crippen LogP contribution in [0.1, 0.15) is 50.3 Å². The van der Waals surface area contributed by atoms with Gasteiger partial charge in [0.05, 0.1) is 6.10 Å². The van der Waals surface area contributed by atoms with Gasteiger partial charge in [0.25, 0.3) is 0 Å². The second kappa shape index (κ2) is 7.81. The molecule has 1 saturated heterocycles. The molecule has 0 spiro atoms. The van der Waals surface area contributed by atoms with Gasteiger partial charge in [-0.25, -0.2) is 9.78 Å². The fourth-order valence-electron chi connectivity index (χ4n) is 3.90. The highest BCUT2D eigenvalue weighted by molar-refractivity contribution is 5.89. The Morgan fingerprint density at radius 3 is 2.69 bits per heavy atom. The van der Waals surface area contributed by atoms with Gasteiger partial charge in [-0.1, -0.05) is 0 Å². The van der Waals surface area contributed by atoms with Crippen molar-refractivity contribution in [1.29, 1.82) is 0 Å². The number of nitrogens with zero attached hydrogens (tertiary/aromatic N) is 2. The van der Waals surface area contributed by atoms with E-state index in [4.69, 9.17) is 4.74 Å². The lowest BCUT2D eigenvalue weighted by molar-refractivity contribution is 0.191. The first kappa shape index (κ1) is 16.9. The van der Waals surface area contributed by atoms with E-state index in [2.05, 4.69) is 15.3 Å². The highest BCUT2D eigenvalue weighted by atomic mass is 16.5. The number of piperidine rings is 1. The molecular formula is C20H26N4O2. The van der Waals surface area contributed by atoms with Crippen LogP contribution in [0, 0.1) is 0 Å². The monoisotopic (exact) mass is 354 g/mol. The number of nitrogens with one attached hydrogen (secondary N) is 2. The third-order valence-corrected chi connectivity index (χ3v) is 5.33. The van der Waals surface area contributed by atoms with Crippen LogP contribution in [0.15, 0.2) is 36.7 Å². The first-order valence-corrected chi connectivity index (χ1v) is 9.60. The van der Waals surface area contributed by atoms with Crippen LogP contribution < -0.4 is 10.1 Å². The molecule has 1 atom stereocenters. The summed E-state index contributed by atoms with van der Waals surface area (Å²) in [7, 11) is 0. The number of anilines is 1. The summed E-state index contributed by atoms with van der Waals surface area (Å²) in [6.45, 7) is 1.48. The number of aromatic amines is 1. The topological polar surface area (TPSA) is 70.2 Å². The summed E-state index contributed by atoms with van der Waals surface area (Å²) in [5.74, 6) is 2.13. The summed E-state index contributed by atoms with van der Waals surface area (Å²) in [6.07, 6.45) is 10.8. The predicted octanol–water partition coefficient (Wildman–Crippen LogP) is 4.14. The maximum atomic E-state index is 12.6. The maximum absolute atomic E-state index is 12.6. The van der Waals surface area contributed by atoms with E-state index in [1.165, 1.54) is 12.8 Å². The van der Waals surface area contributed by atoms with Crippen LogP contribution in [0.25, 0.3) is 0 Å². The molecule has 1 aliphatic heterocycles. The number of H-pyrrole nitrogens is 1. The van der Waals surface area contributed by atoms with Crippen LogP contribution in [-0.2, 0) is 0 Å². The average Bonchev–Trinajstić information content (AvgIpc) is 3.37. The molecule has 2 aromatic rings. The lowest BCUT2D eigenvalue weighted by Crippen LogP contribution is -2.41. The molecule has 1 saturated carbocycles. The Labute approximate surface area is 154 Å². The number of urea groups is 1. The molecule has 1 unspecified atom stereocenters. The Hall–Kier alpha value is -2.50. The van der Waals surface area contributed by atoms with Crippen molar-refractivity contribution in [2.75, 3.05) is 18.4 Å². The normalized spacial score (nSPS) is 20.9. The van der Waals surface area contributed by atoms with E-state index in [1.54, 1.807) is 6.20 Å². The van der Waals surface area contributed by atoms with Gasteiger partial charge in [0.15, 0.2) is 0 Å². The molecule has 2 amide bonds. The zero-order valence-electron chi connectivity index (χ0n) is 15.0. The lowest BCUT2D eigenvalue weighted by atomic mass is 9.98. The number of benzene rings is 1. The molecule has 2 aliphatic rings. The van der Waals surface area contributed by atoms with E-state index in [0.717, 1.165) is 49.5 Å². The molecule has 1 aliphatic carbocycles. The molecular weight excluding hydrogens is 328 g/mol. The molecule has 2 fully saturated rings. The first-order valence-electron chi connectivity index (χ1n) is 9.60. The number of hydrogen-bond donors (Lipinski definition) is 2. The number of ether oxygens (including phenoxy) is 1. The second-order valence-corrected chi connectivity index (χ2v) is 7.24. The molecule has 6 heteroatoms. The van der Waals surface area contributed by atoms with Crippen LogP contribution in [-0.4, -0.2) is 40.1 Å². The van der Waals surface area contributed by atoms with E-state index in [9.17, 15) is 4.79 Å². The smallest absolute Gasteiger partial charge is 0.321 e. The molecule has 1 aromatic carbocycles. The average molecular weight is 354 g/mol. The molecule has 2 N–H and O–H groups in total. The van der Waals surface area contributed by atoms with Crippen molar-refractivity contribution >= 4 is 11.7 Å². The van der Waals surface area contributed by atoms with Gasteiger partial charge in [-0.05, 0) is 62.8 Å². The van der Waals surface area contributed by atoms with E-state index < -0.39 is 0 Å². The van der Waals surface area contributed by atoms with E-state index >= 15 is 0 Å². The van der Waals surface area contributed by atoms with Crippen LogP contribution in [0.3, 0.4) is 0 Å². The van der Waals surface area contributed by atoms with Crippen molar-refractivity contribution in [2.24, 2.45) is 0 Å². The zero-order chi connectivity index (χ0) is 17.8. The summed E-state index contributed by atoms with van der Waals surface area (Å²) in [6, 6.07) is 7.66. The Morgan fingerprint density at radius 1 is 1.15 bits per heavy atom. The Balaban J connectivity index is 1.32.